The topological polar surface area (TPSA) is 212 Å². The molecule has 14 nitrogen and oxygen atoms in total. The molecule has 0 heterocycles. The van der Waals surface area contributed by atoms with Gasteiger partial charge in [-0.2, -0.15) is 0 Å². The largest absolute Gasteiger partial charge is 0.480 e. The molecule has 4 rings (SSSR count). The Labute approximate surface area is 331 Å². The van der Waals surface area contributed by atoms with Crippen molar-refractivity contribution in [3.63, 3.8) is 0 Å². The average molecular weight is 777 g/mol. The standard InChI is InChI=1S/C43H48N6O8/c1-29-17-20-33(21-18-29)46-37(50)23-24-38(51)47-34(22-19-30-11-5-2-6-12-30)41(54)44-27-39(52)48-35(25-31-13-7-3-8-14-31)42(55)45-28-40(53)49-36(43(56)57)26-32-15-9-4-10-16-32/h2-18,20-21,34-36H,19,22-28H2,1H3,(H,44,54)(H,45,55)(H,46,50)(H,47,51)(H,48,52)(H,49,53)(H,56,57)/t34-,35-,36-/m1/s1. The minimum atomic E-state index is -1.24. The lowest BCUT2D eigenvalue weighted by Gasteiger charge is -2.21. The maximum atomic E-state index is 13.4. The molecule has 0 bridgehead atoms. The molecule has 0 spiro atoms. The van der Waals surface area contributed by atoms with E-state index < -0.39 is 66.7 Å². The molecule has 0 fully saturated rings. The summed E-state index contributed by atoms with van der Waals surface area (Å²) in [7, 11) is 0. The van der Waals surface area contributed by atoms with E-state index in [4.69, 9.17) is 0 Å². The van der Waals surface area contributed by atoms with Gasteiger partial charge in [-0.15, -0.1) is 0 Å². The second-order valence-electron chi connectivity index (χ2n) is 13.5. The van der Waals surface area contributed by atoms with E-state index in [2.05, 4.69) is 31.9 Å². The van der Waals surface area contributed by atoms with Crippen molar-refractivity contribution >= 4 is 47.1 Å². The molecule has 4 aromatic carbocycles. The first-order valence-corrected chi connectivity index (χ1v) is 18.6. The van der Waals surface area contributed by atoms with E-state index in [1.807, 2.05) is 49.4 Å². The number of anilines is 1. The molecule has 14 heteroatoms. The maximum absolute atomic E-state index is 13.4. The third-order valence-corrected chi connectivity index (χ3v) is 8.83. The van der Waals surface area contributed by atoms with Gasteiger partial charge in [-0.3, -0.25) is 28.8 Å². The van der Waals surface area contributed by atoms with Crippen molar-refractivity contribution in [1.29, 1.82) is 0 Å². The first-order chi connectivity index (χ1) is 27.4. The van der Waals surface area contributed by atoms with Gasteiger partial charge in [0.15, 0.2) is 0 Å². The number of aliphatic carboxylic acids is 1. The van der Waals surface area contributed by atoms with Crippen LogP contribution >= 0.6 is 0 Å². The molecular formula is C43H48N6O8. The quantitative estimate of drug-likeness (QED) is 0.0667. The lowest BCUT2D eigenvalue weighted by molar-refractivity contribution is -0.141. The molecule has 0 aliphatic rings. The number of carboxylic acid groups (broad SMARTS) is 1. The van der Waals surface area contributed by atoms with Crippen molar-refractivity contribution in [2.45, 2.75) is 63.6 Å². The summed E-state index contributed by atoms with van der Waals surface area (Å²) in [5, 5.41) is 25.1. The van der Waals surface area contributed by atoms with Crippen molar-refractivity contribution in [3.8, 4) is 0 Å². The molecule has 0 saturated carbocycles. The van der Waals surface area contributed by atoms with Gasteiger partial charge < -0.3 is 37.0 Å². The van der Waals surface area contributed by atoms with Gasteiger partial charge in [-0.05, 0) is 48.6 Å². The zero-order valence-electron chi connectivity index (χ0n) is 31.7. The summed E-state index contributed by atoms with van der Waals surface area (Å²) in [5.74, 6) is -4.91. The van der Waals surface area contributed by atoms with Crippen molar-refractivity contribution in [2.24, 2.45) is 0 Å². The van der Waals surface area contributed by atoms with Crippen LogP contribution in [0.3, 0.4) is 0 Å². The zero-order valence-corrected chi connectivity index (χ0v) is 31.7. The third-order valence-electron chi connectivity index (χ3n) is 8.83. The van der Waals surface area contributed by atoms with E-state index in [0.29, 0.717) is 23.2 Å². The van der Waals surface area contributed by atoms with Gasteiger partial charge in [-0.1, -0.05) is 109 Å². The Morgan fingerprint density at radius 3 is 1.47 bits per heavy atom. The van der Waals surface area contributed by atoms with Crippen LogP contribution in [0, 0.1) is 6.92 Å². The van der Waals surface area contributed by atoms with E-state index in [1.54, 1.807) is 72.8 Å². The number of carboxylic acids is 1. The minimum Gasteiger partial charge on any atom is -0.480 e. The average Bonchev–Trinajstić information content (AvgIpc) is 3.21. The number of aryl methyl sites for hydroxylation is 2. The molecule has 4 aromatic rings. The summed E-state index contributed by atoms with van der Waals surface area (Å²) in [4.78, 5) is 89.8. The highest BCUT2D eigenvalue weighted by atomic mass is 16.4. The van der Waals surface area contributed by atoms with Crippen LogP contribution in [0.15, 0.2) is 115 Å². The third kappa shape index (κ3) is 15.8. The lowest BCUT2D eigenvalue weighted by Crippen LogP contribution is -2.54. The number of carbonyl (C=O) groups excluding carboxylic acids is 6. The highest BCUT2D eigenvalue weighted by Gasteiger charge is 2.26. The molecule has 0 unspecified atom stereocenters. The highest BCUT2D eigenvalue weighted by molar-refractivity contribution is 5.96. The van der Waals surface area contributed by atoms with Crippen LogP contribution in [0.1, 0.15) is 41.5 Å². The van der Waals surface area contributed by atoms with Crippen molar-refractivity contribution in [1.82, 2.24) is 26.6 Å². The highest BCUT2D eigenvalue weighted by Crippen LogP contribution is 2.11. The molecule has 0 saturated heterocycles. The van der Waals surface area contributed by atoms with Gasteiger partial charge in [0.1, 0.15) is 18.1 Å². The van der Waals surface area contributed by atoms with Crippen LogP contribution in [-0.4, -0.2) is 77.7 Å². The lowest BCUT2D eigenvalue weighted by atomic mass is 10.0. The first-order valence-electron chi connectivity index (χ1n) is 18.6. The second kappa shape index (κ2) is 22.5. The van der Waals surface area contributed by atoms with Crippen LogP contribution in [0.5, 0.6) is 0 Å². The number of amides is 6. The molecule has 6 amide bonds. The Bertz CT molecular complexity index is 1960. The fraction of sp³-hybridized carbons (Fsp3) is 0.279. The van der Waals surface area contributed by atoms with Crippen molar-refractivity contribution in [3.05, 3.63) is 138 Å². The number of benzene rings is 4. The van der Waals surface area contributed by atoms with Crippen LogP contribution in [0.25, 0.3) is 0 Å². The van der Waals surface area contributed by atoms with Crippen LogP contribution in [-0.2, 0) is 52.8 Å². The molecule has 0 aromatic heterocycles. The smallest absolute Gasteiger partial charge is 0.326 e. The number of hydrogen-bond donors (Lipinski definition) is 7. The molecule has 3 atom stereocenters. The predicted octanol–water partition coefficient (Wildman–Crippen LogP) is 2.60. The van der Waals surface area contributed by atoms with E-state index in [9.17, 15) is 38.7 Å². The Kier molecular flexibility index (Phi) is 17.0. The van der Waals surface area contributed by atoms with Gasteiger partial charge in [0, 0.05) is 31.4 Å². The summed E-state index contributed by atoms with van der Waals surface area (Å²) in [6.45, 7) is 0.843. The van der Waals surface area contributed by atoms with E-state index >= 15 is 0 Å². The van der Waals surface area contributed by atoms with Gasteiger partial charge in [0.2, 0.25) is 35.4 Å². The minimum absolute atomic E-state index is 0.0384. The van der Waals surface area contributed by atoms with E-state index in [-0.39, 0.29) is 38.0 Å². The molecule has 0 aliphatic heterocycles. The number of nitrogens with one attached hydrogen (secondary N) is 6. The van der Waals surface area contributed by atoms with Crippen molar-refractivity contribution < 1.29 is 38.7 Å². The summed E-state index contributed by atoms with van der Waals surface area (Å²) in [5.41, 5.74) is 3.97. The van der Waals surface area contributed by atoms with E-state index in [1.165, 1.54) is 0 Å². The van der Waals surface area contributed by atoms with Gasteiger partial charge >= 0.3 is 5.97 Å². The van der Waals surface area contributed by atoms with Crippen LogP contribution in [0.2, 0.25) is 0 Å². The fourth-order valence-corrected chi connectivity index (χ4v) is 5.76. The van der Waals surface area contributed by atoms with Gasteiger partial charge in [0.05, 0.1) is 13.1 Å². The number of hydrogen-bond acceptors (Lipinski definition) is 7. The van der Waals surface area contributed by atoms with Crippen LogP contribution < -0.4 is 31.9 Å². The molecule has 0 radical (unpaired) electrons. The molecule has 298 valence electrons. The van der Waals surface area contributed by atoms with E-state index in [0.717, 1.165) is 11.1 Å². The normalized spacial score (nSPS) is 12.2. The summed E-state index contributed by atoms with van der Waals surface area (Å²) in [6, 6.07) is 30.7. The molecule has 7 N–H and O–H groups in total. The number of rotatable bonds is 21. The second-order valence-corrected chi connectivity index (χ2v) is 13.5. The molecule has 57 heavy (non-hydrogen) atoms. The predicted molar refractivity (Wildman–Crippen MR) is 214 cm³/mol. The van der Waals surface area contributed by atoms with Crippen molar-refractivity contribution in [2.75, 3.05) is 18.4 Å². The molecular weight excluding hydrogens is 729 g/mol. The Balaban J connectivity index is 1.33. The SMILES string of the molecule is Cc1ccc(NC(=O)CCC(=O)N[C@H](CCc2ccccc2)C(=O)NCC(=O)N[C@H](Cc2ccccc2)C(=O)NCC(=O)N[C@H](Cc2ccccc2)C(=O)O)cc1. The Hall–Kier alpha value is -6.83. The summed E-state index contributed by atoms with van der Waals surface area (Å²) >= 11 is 0. The summed E-state index contributed by atoms with van der Waals surface area (Å²) < 4.78 is 0. The summed E-state index contributed by atoms with van der Waals surface area (Å²) in [6.07, 6.45) is 0.435. The van der Waals surface area contributed by atoms with Gasteiger partial charge in [-0.25, -0.2) is 4.79 Å². The zero-order chi connectivity index (χ0) is 41.0. The number of carbonyl (C=O) groups is 7. The maximum Gasteiger partial charge on any atom is 0.326 e. The Morgan fingerprint density at radius 2 is 0.947 bits per heavy atom. The fourth-order valence-electron chi connectivity index (χ4n) is 5.76. The molecule has 0 aliphatic carbocycles. The Morgan fingerprint density at radius 1 is 0.509 bits per heavy atom. The van der Waals surface area contributed by atoms with Crippen LogP contribution in [0.4, 0.5) is 5.69 Å². The van der Waals surface area contributed by atoms with Gasteiger partial charge in [0.25, 0.3) is 0 Å². The monoisotopic (exact) mass is 776 g/mol. The first kappa shape index (κ1) is 42.9.